The molecule has 0 spiro atoms. The van der Waals surface area contributed by atoms with Gasteiger partial charge in [-0.25, -0.2) is 4.39 Å². The van der Waals surface area contributed by atoms with Gasteiger partial charge in [-0.1, -0.05) is 11.6 Å². The van der Waals surface area contributed by atoms with Gasteiger partial charge in [0.25, 0.3) is 0 Å². The first-order chi connectivity index (χ1) is 8.95. The van der Waals surface area contributed by atoms with E-state index in [-0.39, 0.29) is 16.9 Å². The Bertz CT molecular complexity index is 604. The highest BCUT2D eigenvalue weighted by Crippen LogP contribution is 2.21. The topological polar surface area (TPSA) is 80.0 Å². The van der Waals surface area contributed by atoms with Crippen LogP contribution in [-0.2, 0) is 0 Å². The van der Waals surface area contributed by atoms with E-state index < -0.39 is 5.82 Å². The Balaban J connectivity index is 2.29. The molecule has 0 saturated heterocycles. The van der Waals surface area contributed by atoms with Crippen LogP contribution in [0.25, 0.3) is 0 Å². The predicted octanol–water partition coefficient (Wildman–Crippen LogP) is 2.06. The summed E-state index contributed by atoms with van der Waals surface area (Å²) in [5.41, 5.74) is 6.05. The van der Waals surface area contributed by atoms with E-state index in [1.54, 1.807) is 25.1 Å². The number of benzene rings is 1. The Morgan fingerprint density at radius 1 is 1.26 bits per heavy atom. The molecule has 0 aliphatic heterocycles. The summed E-state index contributed by atoms with van der Waals surface area (Å²) in [6.07, 6.45) is 0. The molecule has 0 fully saturated rings. The van der Waals surface area contributed by atoms with Gasteiger partial charge >= 0.3 is 0 Å². The molecule has 19 heavy (non-hydrogen) atoms. The SMILES string of the molecule is CN(C)c1nc(N)nc(Nc2ccc(Cl)c(F)c2)n1. The minimum Gasteiger partial charge on any atom is -0.368 e. The van der Waals surface area contributed by atoms with Crippen molar-refractivity contribution in [1.82, 2.24) is 15.0 Å². The summed E-state index contributed by atoms with van der Waals surface area (Å²) in [7, 11) is 3.56. The maximum atomic E-state index is 13.3. The van der Waals surface area contributed by atoms with Crippen LogP contribution in [0.1, 0.15) is 0 Å². The molecule has 1 aromatic carbocycles. The van der Waals surface area contributed by atoms with Crippen molar-refractivity contribution in [1.29, 1.82) is 0 Å². The van der Waals surface area contributed by atoms with Crippen molar-refractivity contribution in [2.75, 3.05) is 30.0 Å². The van der Waals surface area contributed by atoms with Crippen molar-refractivity contribution in [3.05, 3.63) is 29.0 Å². The number of halogens is 2. The summed E-state index contributed by atoms with van der Waals surface area (Å²) in [5.74, 6) is 0.194. The molecule has 100 valence electrons. The van der Waals surface area contributed by atoms with Crippen LogP contribution in [0, 0.1) is 5.82 Å². The fourth-order valence-electron chi connectivity index (χ4n) is 1.34. The first kappa shape index (κ1) is 13.3. The zero-order valence-electron chi connectivity index (χ0n) is 10.4. The second-order valence-corrected chi connectivity index (χ2v) is 4.37. The van der Waals surface area contributed by atoms with E-state index >= 15 is 0 Å². The molecular weight excluding hydrogens is 271 g/mol. The van der Waals surface area contributed by atoms with Gasteiger partial charge in [0.2, 0.25) is 17.8 Å². The standard InChI is InChI=1S/C11H12ClFN6/c1-19(2)11-17-9(14)16-10(18-11)15-6-3-4-7(12)8(13)5-6/h3-5H,1-2H3,(H3,14,15,16,17,18). The summed E-state index contributed by atoms with van der Waals surface area (Å²) in [6, 6.07) is 4.30. The van der Waals surface area contributed by atoms with E-state index in [0.717, 1.165) is 0 Å². The van der Waals surface area contributed by atoms with Crippen LogP contribution < -0.4 is 16.0 Å². The molecule has 0 amide bonds. The Morgan fingerprint density at radius 3 is 2.63 bits per heavy atom. The normalized spacial score (nSPS) is 10.3. The zero-order valence-corrected chi connectivity index (χ0v) is 11.1. The summed E-state index contributed by atoms with van der Waals surface area (Å²) < 4.78 is 13.3. The molecule has 3 N–H and O–H groups in total. The van der Waals surface area contributed by atoms with E-state index in [4.69, 9.17) is 17.3 Å². The second-order valence-electron chi connectivity index (χ2n) is 3.97. The van der Waals surface area contributed by atoms with Crippen LogP contribution >= 0.6 is 11.6 Å². The maximum Gasteiger partial charge on any atom is 0.233 e. The van der Waals surface area contributed by atoms with Gasteiger partial charge < -0.3 is 16.0 Å². The summed E-state index contributed by atoms with van der Waals surface area (Å²) in [4.78, 5) is 13.7. The lowest BCUT2D eigenvalue weighted by molar-refractivity contribution is 0.629. The first-order valence-corrected chi connectivity index (χ1v) is 5.74. The number of nitrogen functional groups attached to an aromatic ring is 1. The predicted molar refractivity (Wildman–Crippen MR) is 73.3 cm³/mol. The molecular formula is C11H12ClFN6. The molecule has 1 heterocycles. The van der Waals surface area contributed by atoms with E-state index in [1.807, 2.05) is 0 Å². The van der Waals surface area contributed by atoms with Crippen molar-refractivity contribution in [2.45, 2.75) is 0 Å². The van der Waals surface area contributed by atoms with Crippen LogP contribution in [0.3, 0.4) is 0 Å². The Labute approximate surface area is 114 Å². The summed E-state index contributed by atoms with van der Waals surface area (Å²) >= 11 is 5.60. The lowest BCUT2D eigenvalue weighted by Crippen LogP contribution is -2.15. The maximum absolute atomic E-state index is 13.3. The van der Waals surface area contributed by atoms with Gasteiger partial charge in [-0.05, 0) is 18.2 Å². The third-order valence-electron chi connectivity index (χ3n) is 2.22. The second kappa shape index (κ2) is 5.23. The zero-order chi connectivity index (χ0) is 14.0. The number of nitrogens with one attached hydrogen (secondary N) is 1. The molecule has 6 nitrogen and oxygen atoms in total. The minimum absolute atomic E-state index is 0.0506. The van der Waals surface area contributed by atoms with Gasteiger partial charge in [0, 0.05) is 19.8 Å². The molecule has 0 radical (unpaired) electrons. The Hall–Kier alpha value is -2.15. The van der Waals surface area contributed by atoms with Crippen LogP contribution in [-0.4, -0.2) is 29.0 Å². The van der Waals surface area contributed by atoms with E-state index in [2.05, 4.69) is 20.3 Å². The van der Waals surface area contributed by atoms with Crippen LogP contribution in [0.5, 0.6) is 0 Å². The first-order valence-electron chi connectivity index (χ1n) is 5.36. The molecule has 2 aromatic rings. The van der Waals surface area contributed by atoms with Gasteiger partial charge in [0.05, 0.1) is 5.02 Å². The molecule has 0 atom stereocenters. The molecule has 0 unspecified atom stereocenters. The van der Waals surface area contributed by atoms with Gasteiger partial charge in [0.15, 0.2) is 0 Å². The molecule has 0 aliphatic rings. The van der Waals surface area contributed by atoms with Crippen LogP contribution in [0.4, 0.5) is 27.9 Å². The Morgan fingerprint density at radius 2 is 2.00 bits per heavy atom. The lowest BCUT2D eigenvalue weighted by atomic mass is 10.3. The van der Waals surface area contributed by atoms with Gasteiger partial charge in [-0.15, -0.1) is 0 Å². The molecule has 1 aromatic heterocycles. The minimum atomic E-state index is -0.526. The highest BCUT2D eigenvalue weighted by molar-refractivity contribution is 6.30. The average molecular weight is 283 g/mol. The van der Waals surface area contributed by atoms with Crippen molar-refractivity contribution >= 4 is 35.1 Å². The molecule has 0 aliphatic carbocycles. The number of nitrogens with two attached hydrogens (primary N) is 1. The molecule has 8 heteroatoms. The number of hydrogen-bond donors (Lipinski definition) is 2. The van der Waals surface area contributed by atoms with E-state index in [9.17, 15) is 4.39 Å². The number of hydrogen-bond acceptors (Lipinski definition) is 6. The third-order valence-corrected chi connectivity index (χ3v) is 2.52. The third kappa shape index (κ3) is 3.19. The largest absolute Gasteiger partial charge is 0.368 e. The molecule has 0 saturated carbocycles. The molecule has 0 bridgehead atoms. The van der Waals surface area contributed by atoms with Gasteiger partial charge in [-0.2, -0.15) is 15.0 Å². The number of nitrogens with zero attached hydrogens (tertiary/aromatic N) is 4. The number of aromatic nitrogens is 3. The average Bonchev–Trinajstić information content (AvgIpc) is 2.33. The summed E-state index contributed by atoms with van der Waals surface area (Å²) in [5, 5.41) is 2.89. The smallest absolute Gasteiger partial charge is 0.233 e. The summed E-state index contributed by atoms with van der Waals surface area (Å²) in [6.45, 7) is 0. The quantitative estimate of drug-likeness (QED) is 0.897. The van der Waals surface area contributed by atoms with Crippen molar-refractivity contribution < 1.29 is 4.39 Å². The highest BCUT2D eigenvalue weighted by atomic mass is 35.5. The van der Waals surface area contributed by atoms with Crippen LogP contribution in [0.15, 0.2) is 18.2 Å². The Kier molecular flexibility index (Phi) is 3.66. The fourth-order valence-corrected chi connectivity index (χ4v) is 1.46. The van der Waals surface area contributed by atoms with Gasteiger partial charge in [0.1, 0.15) is 5.82 Å². The van der Waals surface area contributed by atoms with Gasteiger partial charge in [-0.3, -0.25) is 0 Å². The van der Waals surface area contributed by atoms with Crippen molar-refractivity contribution in [3.63, 3.8) is 0 Å². The molecule has 2 rings (SSSR count). The monoisotopic (exact) mass is 282 g/mol. The number of rotatable bonds is 3. The number of anilines is 4. The fraction of sp³-hybridized carbons (Fsp3) is 0.182. The van der Waals surface area contributed by atoms with Crippen molar-refractivity contribution in [2.24, 2.45) is 0 Å². The lowest BCUT2D eigenvalue weighted by Gasteiger charge is -2.12. The van der Waals surface area contributed by atoms with E-state index in [1.165, 1.54) is 12.1 Å². The van der Waals surface area contributed by atoms with Crippen LogP contribution in [0.2, 0.25) is 5.02 Å². The van der Waals surface area contributed by atoms with Crippen molar-refractivity contribution in [3.8, 4) is 0 Å². The highest BCUT2D eigenvalue weighted by Gasteiger charge is 2.07. The van der Waals surface area contributed by atoms with E-state index in [0.29, 0.717) is 11.6 Å².